The lowest BCUT2D eigenvalue weighted by Crippen LogP contribution is -2.56. The monoisotopic (exact) mass is 292 g/mol. The summed E-state index contributed by atoms with van der Waals surface area (Å²) in [5, 5.41) is 2.27. The van der Waals surface area contributed by atoms with E-state index in [0.717, 1.165) is 25.0 Å². The van der Waals surface area contributed by atoms with Crippen molar-refractivity contribution in [3.8, 4) is 0 Å². The van der Waals surface area contributed by atoms with Crippen LogP contribution in [-0.2, 0) is 9.84 Å². The van der Waals surface area contributed by atoms with Crippen molar-refractivity contribution in [2.75, 3.05) is 23.8 Å². The molecule has 1 heterocycles. The van der Waals surface area contributed by atoms with E-state index < -0.39 is 15.2 Å². The molecule has 1 aliphatic heterocycles. The van der Waals surface area contributed by atoms with Crippen LogP contribution in [0.25, 0.3) is 0 Å². The second kappa shape index (κ2) is 5.69. The van der Waals surface area contributed by atoms with E-state index in [1.807, 2.05) is 0 Å². The summed E-state index contributed by atoms with van der Waals surface area (Å²) < 4.78 is 24.0. The van der Waals surface area contributed by atoms with Gasteiger partial charge < -0.3 is 10.2 Å². The number of nitrogens with one attached hydrogen (secondary N) is 1. The summed E-state index contributed by atoms with van der Waals surface area (Å²) in [5.74, 6) is 1.40. The van der Waals surface area contributed by atoms with Crippen LogP contribution >= 0.6 is 11.8 Å². The van der Waals surface area contributed by atoms with E-state index in [1.165, 1.54) is 4.90 Å². The Kier molecular flexibility index (Phi) is 4.42. The molecule has 1 N–H and O–H groups in total. The number of amides is 2. The molecule has 0 bridgehead atoms. The summed E-state index contributed by atoms with van der Waals surface area (Å²) in [6.07, 6.45) is 3.18. The Morgan fingerprint density at radius 3 is 2.72 bits per heavy atom. The van der Waals surface area contributed by atoms with Crippen LogP contribution in [0.15, 0.2) is 0 Å². The normalized spacial score (nSPS) is 25.6. The fourth-order valence-corrected chi connectivity index (χ4v) is 5.08. The van der Waals surface area contributed by atoms with Crippen molar-refractivity contribution in [2.24, 2.45) is 0 Å². The molecule has 0 radical (unpaired) electrons. The smallest absolute Gasteiger partial charge is 0.318 e. The van der Waals surface area contributed by atoms with Crippen LogP contribution in [0.2, 0.25) is 0 Å². The Labute approximate surface area is 113 Å². The van der Waals surface area contributed by atoms with Crippen molar-refractivity contribution in [1.29, 1.82) is 0 Å². The van der Waals surface area contributed by atoms with Crippen molar-refractivity contribution in [1.82, 2.24) is 10.2 Å². The predicted octanol–water partition coefficient (Wildman–Crippen LogP) is 1.06. The molecule has 1 unspecified atom stereocenters. The molecule has 1 atom stereocenters. The predicted molar refractivity (Wildman–Crippen MR) is 73.5 cm³/mol. The van der Waals surface area contributed by atoms with Crippen LogP contribution in [0.3, 0.4) is 0 Å². The first kappa shape index (κ1) is 14.0. The van der Waals surface area contributed by atoms with Gasteiger partial charge >= 0.3 is 6.03 Å². The van der Waals surface area contributed by atoms with Gasteiger partial charge in [-0.15, -0.1) is 0 Å². The van der Waals surface area contributed by atoms with Crippen molar-refractivity contribution in [3.63, 3.8) is 0 Å². The number of hydrogen-bond donors (Lipinski definition) is 1. The number of carbonyl (C=O) groups is 1. The van der Waals surface area contributed by atoms with Gasteiger partial charge in [0.25, 0.3) is 0 Å². The highest BCUT2D eigenvalue weighted by atomic mass is 32.2. The first-order valence-corrected chi connectivity index (χ1v) is 9.28. The van der Waals surface area contributed by atoms with Gasteiger partial charge in [-0.05, 0) is 19.3 Å². The van der Waals surface area contributed by atoms with Crippen LogP contribution in [0.5, 0.6) is 0 Å². The van der Waals surface area contributed by atoms with E-state index >= 15 is 0 Å². The summed E-state index contributed by atoms with van der Waals surface area (Å²) in [6, 6.07) is 0.0408. The van der Waals surface area contributed by atoms with Gasteiger partial charge in [-0.25, -0.2) is 13.2 Å². The van der Waals surface area contributed by atoms with Crippen molar-refractivity contribution >= 4 is 27.6 Å². The van der Waals surface area contributed by atoms with Crippen LogP contribution < -0.4 is 5.32 Å². The van der Waals surface area contributed by atoms with Crippen LogP contribution in [0.4, 0.5) is 4.79 Å². The zero-order chi connectivity index (χ0) is 13.2. The van der Waals surface area contributed by atoms with E-state index in [1.54, 1.807) is 18.7 Å². The molecule has 7 heteroatoms. The number of urea groups is 1. The number of sulfone groups is 1. The van der Waals surface area contributed by atoms with Gasteiger partial charge in [-0.2, -0.15) is 11.8 Å². The average Bonchev–Trinajstić information content (AvgIpc) is 2.33. The molecule has 104 valence electrons. The zero-order valence-electron chi connectivity index (χ0n) is 10.6. The van der Waals surface area contributed by atoms with Gasteiger partial charge in [0.1, 0.15) is 5.37 Å². The second-order valence-corrected chi connectivity index (χ2v) is 8.35. The summed E-state index contributed by atoms with van der Waals surface area (Å²) in [4.78, 5) is 13.6. The Morgan fingerprint density at radius 1 is 1.44 bits per heavy atom. The van der Waals surface area contributed by atoms with Crippen LogP contribution in [-0.4, -0.2) is 54.6 Å². The molecule has 0 spiro atoms. The van der Waals surface area contributed by atoms with Gasteiger partial charge in [0.2, 0.25) is 0 Å². The van der Waals surface area contributed by atoms with Crippen molar-refractivity contribution < 1.29 is 13.2 Å². The highest BCUT2D eigenvalue weighted by Crippen LogP contribution is 2.23. The molecule has 2 amide bonds. The fourth-order valence-electron chi connectivity index (χ4n) is 2.11. The number of thioether (sulfide) groups is 1. The van der Waals surface area contributed by atoms with E-state index in [9.17, 15) is 13.2 Å². The molecular weight excluding hydrogens is 272 g/mol. The molecule has 1 saturated carbocycles. The summed E-state index contributed by atoms with van der Waals surface area (Å²) >= 11 is 1.60. The molecule has 0 aromatic rings. The first-order chi connectivity index (χ1) is 8.54. The largest absolute Gasteiger partial charge is 0.335 e. The Hall–Kier alpha value is -0.430. The van der Waals surface area contributed by atoms with Gasteiger partial charge in [0.05, 0.1) is 0 Å². The van der Waals surface area contributed by atoms with Gasteiger partial charge in [0, 0.05) is 29.8 Å². The topological polar surface area (TPSA) is 66.5 Å². The summed E-state index contributed by atoms with van der Waals surface area (Å²) in [6.45, 7) is 2.16. The maximum atomic E-state index is 12.1. The van der Waals surface area contributed by atoms with Crippen LogP contribution in [0, 0.1) is 0 Å². The summed E-state index contributed by atoms with van der Waals surface area (Å²) in [7, 11) is -3.20. The minimum Gasteiger partial charge on any atom is -0.335 e. The number of hydrogen-bond acceptors (Lipinski definition) is 4. The van der Waals surface area contributed by atoms with Gasteiger partial charge in [0.15, 0.2) is 9.84 Å². The third-order valence-electron chi connectivity index (χ3n) is 3.60. The molecule has 0 aromatic carbocycles. The third kappa shape index (κ3) is 2.93. The van der Waals surface area contributed by atoms with Crippen molar-refractivity contribution in [3.05, 3.63) is 0 Å². The molecule has 2 fully saturated rings. The lowest BCUT2D eigenvalue weighted by molar-refractivity contribution is 0.185. The van der Waals surface area contributed by atoms with Crippen molar-refractivity contribution in [2.45, 2.75) is 37.6 Å². The molecule has 5 nitrogen and oxygen atoms in total. The second-order valence-electron chi connectivity index (χ2n) is 4.75. The molecule has 2 aliphatic rings. The maximum Gasteiger partial charge on any atom is 0.318 e. The number of rotatable bonds is 3. The standard InChI is InChI=1S/C11H20N2O3S2/c1-2-18(15,16)10-8-17-7-6-13(10)11(14)12-9-4-3-5-9/h9-10H,2-8H2,1H3,(H,12,14). The zero-order valence-corrected chi connectivity index (χ0v) is 12.2. The first-order valence-electron chi connectivity index (χ1n) is 6.41. The lowest BCUT2D eigenvalue weighted by atomic mass is 9.93. The number of nitrogens with zero attached hydrogens (tertiary/aromatic N) is 1. The van der Waals surface area contributed by atoms with E-state index in [-0.39, 0.29) is 17.8 Å². The lowest BCUT2D eigenvalue weighted by Gasteiger charge is -2.37. The minimum absolute atomic E-state index is 0.0887. The Bertz CT molecular complexity index is 407. The van der Waals surface area contributed by atoms with E-state index in [0.29, 0.717) is 12.3 Å². The molecule has 1 saturated heterocycles. The fraction of sp³-hybridized carbons (Fsp3) is 0.909. The molecular formula is C11H20N2O3S2. The SMILES string of the molecule is CCS(=O)(=O)C1CSCCN1C(=O)NC1CCC1. The van der Waals surface area contributed by atoms with Gasteiger partial charge in [-0.1, -0.05) is 6.92 Å². The third-order valence-corrected chi connectivity index (χ3v) is 6.88. The highest BCUT2D eigenvalue weighted by molar-refractivity contribution is 8.01. The summed E-state index contributed by atoms with van der Waals surface area (Å²) in [5.41, 5.74) is 0. The van der Waals surface area contributed by atoms with E-state index in [4.69, 9.17) is 0 Å². The Balaban J connectivity index is 2.04. The molecule has 2 rings (SSSR count). The molecule has 1 aliphatic carbocycles. The van der Waals surface area contributed by atoms with E-state index in [2.05, 4.69) is 5.32 Å². The highest BCUT2D eigenvalue weighted by Gasteiger charge is 2.36. The van der Waals surface area contributed by atoms with Gasteiger partial charge in [-0.3, -0.25) is 0 Å². The van der Waals surface area contributed by atoms with Crippen LogP contribution in [0.1, 0.15) is 26.2 Å². The minimum atomic E-state index is -3.20. The average molecular weight is 292 g/mol. The quantitative estimate of drug-likeness (QED) is 0.844. The number of carbonyl (C=O) groups excluding carboxylic acids is 1. The molecule has 18 heavy (non-hydrogen) atoms. The Morgan fingerprint density at radius 2 is 2.17 bits per heavy atom. The molecule has 0 aromatic heterocycles. The maximum absolute atomic E-state index is 12.1.